The molecule has 0 saturated heterocycles. The van der Waals surface area contributed by atoms with Gasteiger partial charge in [-0.05, 0) is 30.3 Å². The molecular formula is C22H19N3O3S2. The van der Waals surface area contributed by atoms with Gasteiger partial charge in [0, 0.05) is 28.6 Å². The van der Waals surface area contributed by atoms with E-state index < -0.39 is 9.84 Å². The number of nitrogen functional groups attached to an aromatic ring is 1. The molecule has 1 aromatic heterocycles. The number of phenols is 1. The summed E-state index contributed by atoms with van der Waals surface area (Å²) in [6, 6.07) is 10.9. The molecule has 0 bridgehead atoms. The maximum Gasteiger partial charge on any atom is 0.181 e. The molecule has 0 aliphatic rings. The number of hydrogen-bond donors (Lipinski definition) is 3. The fraction of sp³-hybridized carbons (Fsp3) is 0.136. The summed E-state index contributed by atoms with van der Waals surface area (Å²) in [6.07, 6.45) is 0.250. The van der Waals surface area contributed by atoms with Crippen LogP contribution >= 0.6 is 11.3 Å². The van der Waals surface area contributed by atoms with Crippen molar-refractivity contribution in [3.63, 3.8) is 0 Å². The van der Waals surface area contributed by atoms with Crippen molar-refractivity contribution in [1.29, 1.82) is 0 Å². The van der Waals surface area contributed by atoms with Gasteiger partial charge in [0.25, 0.3) is 0 Å². The number of fused-ring (bicyclic) bond motifs is 1. The standard InChI is InChI=1S/C22H19N3O3S2/c1-2-30(27,28)12-4-3-7-16-8-5-10-18(13-16)24-11-6-9-17-14-19(26)21-20(15-17)29-22(23)25-21/h2,5,8,10,13-15,24,26H,1,4,11-12H2,(H2,23,25). The molecule has 0 fully saturated rings. The third-order valence-electron chi connectivity index (χ3n) is 3.97. The summed E-state index contributed by atoms with van der Waals surface area (Å²) in [4.78, 5) is 4.08. The topological polar surface area (TPSA) is 105 Å². The van der Waals surface area contributed by atoms with Gasteiger partial charge >= 0.3 is 0 Å². The number of benzene rings is 2. The third-order valence-corrected chi connectivity index (χ3v) is 6.08. The zero-order chi connectivity index (χ0) is 21.6. The van der Waals surface area contributed by atoms with E-state index in [-0.39, 0.29) is 17.9 Å². The first-order valence-corrected chi connectivity index (χ1v) is 11.5. The molecule has 0 aliphatic carbocycles. The quantitative estimate of drug-likeness (QED) is 0.529. The van der Waals surface area contributed by atoms with Crippen LogP contribution in [-0.2, 0) is 9.84 Å². The summed E-state index contributed by atoms with van der Waals surface area (Å²) >= 11 is 1.30. The zero-order valence-corrected chi connectivity index (χ0v) is 17.6. The van der Waals surface area contributed by atoms with Crippen molar-refractivity contribution in [3.05, 3.63) is 59.5 Å². The second-order valence-electron chi connectivity index (χ2n) is 6.22. The summed E-state index contributed by atoms with van der Waals surface area (Å²) in [6.45, 7) is 3.68. The third kappa shape index (κ3) is 5.77. The molecule has 1 heterocycles. The zero-order valence-electron chi connectivity index (χ0n) is 16.0. The summed E-state index contributed by atoms with van der Waals surface area (Å²) in [5, 5.41) is 14.6. The number of sulfone groups is 1. The highest BCUT2D eigenvalue weighted by Crippen LogP contribution is 2.31. The minimum absolute atomic E-state index is 0.0352. The number of nitrogens with zero attached hydrogens (tertiary/aromatic N) is 1. The highest BCUT2D eigenvalue weighted by molar-refractivity contribution is 7.94. The van der Waals surface area contributed by atoms with Crippen LogP contribution in [0.25, 0.3) is 10.2 Å². The first kappa shape index (κ1) is 21.3. The number of thiazole rings is 1. The largest absolute Gasteiger partial charge is 0.506 e. The Kier molecular flexibility index (Phi) is 6.63. The Labute approximate surface area is 179 Å². The van der Waals surface area contributed by atoms with E-state index in [1.54, 1.807) is 6.07 Å². The molecule has 3 rings (SSSR count). The van der Waals surface area contributed by atoms with Crippen molar-refractivity contribution in [3.8, 4) is 29.4 Å². The van der Waals surface area contributed by atoms with Gasteiger partial charge in [0.2, 0.25) is 0 Å². The van der Waals surface area contributed by atoms with Crippen LogP contribution in [0.3, 0.4) is 0 Å². The van der Waals surface area contributed by atoms with Crippen molar-refractivity contribution in [2.75, 3.05) is 23.3 Å². The number of nitrogens with two attached hydrogens (primary N) is 1. The van der Waals surface area contributed by atoms with Crippen molar-refractivity contribution in [2.45, 2.75) is 6.42 Å². The van der Waals surface area contributed by atoms with Crippen LogP contribution in [0, 0.1) is 23.7 Å². The average molecular weight is 438 g/mol. The van der Waals surface area contributed by atoms with Gasteiger partial charge in [0.1, 0.15) is 11.3 Å². The van der Waals surface area contributed by atoms with E-state index in [1.807, 2.05) is 30.3 Å². The molecule has 0 amide bonds. The summed E-state index contributed by atoms with van der Waals surface area (Å²) in [5.41, 5.74) is 8.48. The molecule has 0 aliphatic heterocycles. The van der Waals surface area contributed by atoms with Crippen molar-refractivity contribution >= 4 is 42.2 Å². The molecule has 30 heavy (non-hydrogen) atoms. The summed E-state index contributed by atoms with van der Waals surface area (Å²) < 4.78 is 23.5. The van der Waals surface area contributed by atoms with Gasteiger partial charge in [-0.15, -0.1) is 0 Å². The number of aromatic nitrogens is 1. The number of anilines is 2. The van der Waals surface area contributed by atoms with Gasteiger partial charge in [-0.25, -0.2) is 13.4 Å². The van der Waals surface area contributed by atoms with E-state index >= 15 is 0 Å². The fourth-order valence-electron chi connectivity index (χ4n) is 2.54. The summed E-state index contributed by atoms with van der Waals surface area (Å²) in [7, 11) is -3.22. The van der Waals surface area contributed by atoms with Gasteiger partial charge in [0.05, 0.1) is 17.0 Å². The van der Waals surface area contributed by atoms with Gasteiger partial charge in [-0.3, -0.25) is 0 Å². The highest BCUT2D eigenvalue weighted by Gasteiger charge is 2.07. The number of phenolic OH excluding ortho intramolecular Hbond substituents is 1. The molecule has 0 saturated carbocycles. The monoisotopic (exact) mass is 437 g/mol. The smallest absolute Gasteiger partial charge is 0.181 e. The Morgan fingerprint density at radius 1 is 1.20 bits per heavy atom. The number of rotatable bonds is 5. The van der Waals surface area contributed by atoms with Crippen LogP contribution in [0.15, 0.2) is 48.4 Å². The first-order valence-electron chi connectivity index (χ1n) is 8.92. The number of hydrogen-bond acceptors (Lipinski definition) is 7. The fourth-order valence-corrected chi connectivity index (χ4v) is 3.89. The van der Waals surface area contributed by atoms with Gasteiger partial charge < -0.3 is 16.2 Å². The Hall–Kier alpha value is -3.46. The van der Waals surface area contributed by atoms with E-state index in [0.717, 1.165) is 21.4 Å². The molecule has 0 unspecified atom stereocenters. The van der Waals surface area contributed by atoms with Gasteiger partial charge in [0.15, 0.2) is 15.0 Å². The lowest BCUT2D eigenvalue weighted by atomic mass is 10.2. The molecule has 0 atom stereocenters. The molecule has 152 valence electrons. The van der Waals surface area contributed by atoms with Crippen LogP contribution in [-0.4, -0.2) is 30.8 Å². The minimum atomic E-state index is -3.22. The number of aromatic hydroxyl groups is 1. The molecular weight excluding hydrogens is 418 g/mol. The maximum atomic E-state index is 11.4. The van der Waals surface area contributed by atoms with Gasteiger partial charge in [-0.2, -0.15) is 0 Å². The second-order valence-corrected chi connectivity index (χ2v) is 9.35. The van der Waals surface area contributed by atoms with Crippen molar-refractivity contribution in [1.82, 2.24) is 4.98 Å². The maximum absolute atomic E-state index is 11.4. The first-order chi connectivity index (χ1) is 14.4. The molecule has 0 spiro atoms. The Morgan fingerprint density at radius 3 is 2.80 bits per heavy atom. The number of nitrogens with one attached hydrogen (secondary N) is 1. The van der Waals surface area contributed by atoms with E-state index in [1.165, 1.54) is 11.3 Å². The summed E-state index contributed by atoms with van der Waals surface area (Å²) in [5.74, 6) is 11.9. The molecule has 3 aromatic rings. The minimum Gasteiger partial charge on any atom is -0.506 e. The Bertz CT molecular complexity index is 1320. The molecule has 8 heteroatoms. The van der Waals surface area contributed by atoms with Crippen molar-refractivity contribution < 1.29 is 13.5 Å². The van der Waals surface area contributed by atoms with E-state index in [2.05, 4.69) is 40.6 Å². The lowest BCUT2D eigenvalue weighted by Gasteiger charge is -2.02. The van der Waals surface area contributed by atoms with E-state index in [0.29, 0.717) is 22.8 Å². The molecule has 2 aromatic carbocycles. The molecule has 0 radical (unpaired) electrons. The lowest BCUT2D eigenvalue weighted by molar-refractivity contribution is 0.480. The SMILES string of the molecule is C=CS(=O)(=O)CCC#Cc1cccc(NCC#Cc2cc(O)c3nc(N)sc3c2)c1. The van der Waals surface area contributed by atoms with Crippen LogP contribution in [0.2, 0.25) is 0 Å². The molecule has 6 nitrogen and oxygen atoms in total. The Morgan fingerprint density at radius 2 is 2.00 bits per heavy atom. The second kappa shape index (κ2) is 9.36. The van der Waals surface area contributed by atoms with Crippen molar-refractivity contribution in [2.24, 2.45) is 0 Å². The van der Waals surface area contributed by atoms with Crippen LogP contribution < -0.4 is 11.1 Å². The van der Waals surface area contributed by atoms with Crippen LogP contribution in [0.1, 0.15) is 17.5 Å². The average Bonchev–Trinajstić information content (AvgIpc) is 3.10. The predicted octanol–water partition coefficient (Wildman–Crippen LogP) is 3.35. The van der Waals surface area contributed by atoms with E-state index in [9.17, 15) is 13.5 Å². The van der Waals surface area contributed by atoms with Gasteiger partial charge in [-0.1, -0.05) is 47.7 Å². The Balaban J connectivity index is 1.60. The predicted molar refractivity (Wildman–Crippen MR) is 123 cm³/mol. The lowest BCUT2D eigenvalue weighted by Crippen LogP contribution is -2.00. The van der Waals surface area contributed by atoms with Crippen LogP contribution in [0.4, 0.5) is 10.8 Å². The molecule has 4 N–H and O–H groups in total. The highest BCUT2D eigenvalue weighted by atomic mass is 32.2. The van der Waals surface area contributed by atoms with E-state index in [4.69, 9.17) is 5.73 Å². The van der Waals surface area contributed by atoms with Crippen LogP contribution in [0.5, 0.6) is 5.75 Å². The normalized spacial score (nSPS) is 10.5.